The van der Waals surface area contributed by atoms with Crippen LogP contribution >= 0.6 is 0 Å². The summed E-state index contributed by atoms with van der Waals surface area (Å²) in [5, 5.41) is 8.54. The van der Waals surface area contributed by atoms with Crippen molar-refractivity contribution in [3.05, 3.63) is 0 Å². The standard InChI is InChI=1S/C10H18F3N3O3/c1-14(2)4-5-15(3)9(19)16(6-8(17)18)7-10(11,12)13/h4-7H2,1-3H3,(H,17,18). The normalized spacial score (nSPS) is 11.5. The van der Waals surface area contributed by atoms with Crippen LogP contribution in [0.2, 0.25) is 0 Å². The predicted octanol–water partition coefficient (Wildman–Crippen LogP) is 0.549. The second-order valence-corrected chi connectivity index (χ2v) is 4.37. The number of alkyl halides is 3. The van der Waals surface area contributed by atoms with Crippen LogP contribution in [0.3, 0.4) is 0 Å². The minimum atomic E-state index is -4.63. The highest BCUT2D eigenvalue weighted by Crippen LogP contribution is 2.17. The van der Waals surface area contributed by atoms with E-state index in [0.29, 0.717) is 6.54 Å². The number of urea groups is 1. The number of carboxylic acids is 1. The number of rotatable bonds is 6. The third-order valence-corrected chi connectivity index (χ3v) is 2.18. The quantitative estimate of drug-likeness (QED) is 0.774. The Morgan fingerprint density at radius 2 is 1.63 bits per heavy atom. The first-order valence-corrected chi connectivity index (χ1v) is 5.46. The van der Waals surface area contributed by atoms with Gasteiger partial charge >= 0.3 is 18.2 Å². The Hall–Kier alpha value is -1.51. The number of carboxylic acid groups (broad SMARTS) is 1. The van der Waals surface area contributed by atoms with Crippen LogP contribution in [0.15, 0.2) is 0 Å². The Balaban J connectivity index is 4.65. The summed E-state index contributed by atoms with van der Waals surface area (Å²) in [4.78, 5) is 25.3. The zero-order chi connectivity index (χ0) is 15.2. The van der Waals surface area contributed by atoms with Crippen LogP contribution in [0.25, 0.3) is 0 Å². The van der Waals surface area contributed by atoms with Gasteiger partial charge in [-0.2, -0.15) is 13.2 Å². The van der Waals surface area contributed by atoms with E-state index in [1.54, 1.807) is 19.0 Å². The summed E-state index contributed by atoms with van der Waals surface area (Å²) >= 11 is 0. The molecule has 6 nitrogen and oxygen atoms in total. The molecule has 0 spiro atoms. The van der Waals surface area contributed by atoms with Crippen molar-refractivity contribution in [2.45, 2.75) is 6.18 Å². The average molecular weight is 285 g/mol. The summed E-state index contributed by atoms with van der Waals surface area (Å²) in [5.41, 5.74) is 0. The molecular formula is C10H18F3N3O3. The monoisotopic (exact) mass is 285 g/mol. The van der Waals surface area contributed by atoms with E-state index in [2.05, 4.69) is 0 Å². The first-order chi connectivity index (χ1) is 8.53. The molecule has 0 fully saturated rings. The molecule has 0 atom stereocenters. The molecule has 19 heavy (non-hydrogen) atoms. The highest BCUT2D eigenvalue weighted by molar-refractivity contribution is 5.80. The molecule has 0 bridgehead atoms. The molecule has 0 radical (unpaired) electrons. The second-order valence-electron chi connectivity index (χ2n) is 4.37. The van der Waals surface area contributed by atoms with Crippen molar-refractivity contribution in [3.8, 4) is 0 Å². The van der Waals surface area contributed by atoms with Crippen molar-refractivity contribution in [2.24, 2.45) is 0 Å². The lowest BCUT2D eigenvalue weighted by Crippen LogP contribution is -2.48. The summed E-state index contributed by atoms with van der Waals surface area (Å²) < 4.78 is 36.8. The SMILES string of the molecule is CN(C)CCN(C)C(=O)N(CC(=O)O)CC(F)(F)F. The molecule has 0 aromatic carbocycles. The van der Waals surface area contributed by atoms with E-state index < -0.39 is 31.3 Å². The van der Waals surface area contributed by atoms with Crippen molar-refractivity contribution in [2.75, 3.05) is 47.3 Å². The Bertz CT molecular complexity index is 321. The topological polar surface area (TPSA) is 64.1 Å². The zero-order valence-corrected chi connectivity index (χ0v) is 11.1. The summed E-state index contributed by atoms with van der Waals surface area (Å²) in [7, 11) is 4.84. The van der Waals surface area contributed by atoms with Gasteiger partial charge in [-0.05, 0) is 14.1 Å². The van der Waals surface area contributed by atoms with Crippen molar-refractivity contribution in [1.29, 1.82) is 0 Å². The Labute approximate surface area is 109 Å². The molecular weight excluding hydrogens is 267 g/mol. The Morgan fingerprint density at radius 1 is 1.11 bits per heavy atom. The second kappa shape index (κ2) is 7.17. The molecule has 0 aromatic rings. The lowest BCUT2D eigenvalue weighted by atomic mass is 10.4. The number of amides is 2. The van der Waals surface area contributed by atoms with Crippen LogP contribution in [0.5, 0.6) is 0 Å². The van der Waals surface area contributed by atoms with Gasteiger partial charge in [-0.15, -0.1) is 0 Å². The lowest BCUT2D eigenvalue weighted by molar-refractivity contribution is -0.149. The number of nitrogens with zero attached hydrogens (tertiary/aromatic N) is 3. The fourth-order valence-electron chi connectivity index (χ4n) is 1.26. The van der Waals surface area contributed by atoms with Gasteiger partial charge in [0.05, 0.1) is 0 Å². The van der Waals surface area contributed by atoms with Gasteiger partial charge in [-0.3, -0.25) is 4.79 Å². The third kappa shape index (κ3) is 8.25. The van der Waals surface area contributed by atoms with Gasteiger partial charge in [-0.1, -0.05) is 0 Å². The van der Waals surface area contributed by atoms with Crippen molar-refractivity contribution in [1.82, 2.24) is 14.7 Å². The molecule has 0 heterocycles. The van der Waals surface area contributed by atoms with Gasteiger partial charge in [0, 0.05) is 20.1 Å². The van der Waals surface area contributed by atoms with E-state index in [1.165, 1.54) is 7.05 Å². The van der Waals surface area contributed by atoms with E-state index in [-0.39, 0.29) is 11.4 Å². The van der Waals surface area contributed by atoms with E-state index in [4.69, 9.17) is 5.11 Å². The molecule has 0 unspecified atom stereocenters. The Morgan fingerprint density at radius 3 is 2.00 bits per heavy atom. The smallest absolute Gasteiger partial charge is 0.406 e. The lowest BCUT2D eigenvalue weighted by Gasteiger charge is -2.28. The van der Waals surface area contributed by atoms with Crippen molar-refractivity contribution >= 4 is 12.0 Å². The van der Waals surface area contributed by atoms with Gasteiger partial charge in [0.25, 0.3) is 0 Å². The van der Waals surface area contributed by atoms with Crippen molar-refractivity contribution < 1.29 is 27.9 Å². The number of carbonyl (C=O) groups excluding carboxylic acids is 1. The number of likely N-dealkylation sites (N-methyl/N-ethyl adjacent to an activating group) is 2. The first kappa shape index (κ1) is 17.5. The third-order valence-electron chi connectivity index (χ3n) is 2.18. The highest BCUT2D eigenvalue weighted by atomic mass is 19.4. The minimum Gasteiger partial charge on any atom is -0.480 e. The van der Waals surface area contributed by atoms with E-state index in [9.17, 15) is 22.8 Å². The highest BCUT2D eigenvalue weighted by Gasteiger charge is 2.34. The van der Waals surface area contributed by atoms with Gasteiger partial charge in [0.1, 0.15) is 13.1 Å². The maximum atomic E-state index is 12.3. The molecule has 0 aliphatic heterocycles. The van der Waals surface area contributed by atoms with Crippen LogP contribution in [-0.2, 0) is 4.79 Å². The summed E-state index contributed by atoms with van der Waals surface area (Å²) in [6.07, 6.45) is -4.63. The van der Waals surface area contributed by atoms with E-state index in [1.807, 2.05) is 0 Å². The average Bonchev–Trinajstić information content (AvgIpc) is 2.21. The van der Waals surface area contributed by atoms with Gasteiger partial charge in [-0.25, -0.2) is 4.79 Å². The van der Waals surface area contributed by atoms with E-state index >= 15 is 0 Å². The molecule has 0 rings (SSSR count). The van der Waals surface area contributed by atoms with Gasteiger partial charge < -0.3 is 19.8 Å². The summed E-state index contributed by atoms with van der Waals surface area (Å²) in [5.74, 6) is -1.49. The summed E-state index contributed by atoms with van der Waals surface area (Å²) in [6.45, 7) is -1.88. The molecule has 0 saturated carbocycles. The number of halogens is 3. The number of aliphatic carboxylic acids is 1. The molecule has 0 aliphatic rings. The maximum absolute atomic E-state index is 12.3. The molecule has 0 aliphatic carbocycles. The van der Waals surface area contributed by atoms with Crippen LogP contribution in [0.4, 0.5) is 18.0 Å². The molecule has 0 aromatic heterocycles. The molecule has 2 amide bonds. The van der Waals surface area contributed by atoms with Gasteiger partial charge in [0.2, 0.25) is 0 Å². The van der Waals surface area contributed by atoms with Crippen LogP contribution in [0.1, 0.15) is 0 Å². The van der Waals surface area contributed by atoms with Crippen LogP contribution < -0.4 is 0 Å². The van der Waals surface area contributed by atoms with Crippen LogP contribution in [0, 0.1) is 0 Å². The number of hydrogen-bond donors (Lipinski definition) is 1. The number of carbonyl (C=O) groups is 2. The Kier molecular flexibility index (Phi) is 6.60. The van der Waals surface area contributed by atoms with Gasteiger partial charge in [0.15, 0.2) is 0 Å². The molecule has 1 N–H and O–H groups in total. The summed E-state index contributed by atoms with van der Waals surface area (Å²) in [6, 6.07) is -0.957. The minimum absolute atomic E-state index is 0.208. The molecule has 0 saturated heterocycles. The fourth-order valence-corrected chi connectivity index (χ4v) is 1.26. The fraction of sp³-hybridized carbons (Fsp3) is 0.800. The molecule has 112 valence electrons. The number of hydrogen-bond acceptors (Lipinski definition) is 3. The predicted molar refractivity (Wildman–Crippen MR) is 61.8 cm³/mol. The maximum Gasteiger partial charge on any atom is 0.406 e. The largest absolute Gasteiger partial charge is 0.480 e. The van der Waals surface area contributed by atoms with Crippen LogP contribution in [-0.4, -0.2) is 85.3 Å². The van der Waals surface area contributed by atoms with E-state index in [0.717, 1.165) is 4.90 Å². The molecule has 9 heteroatoms. The van der Waals surface area contributed by atoms with Crippen molar-refractivity contribution in [3.63, 3.8) is 0 Å². The first-order valence-electron chi connectivity index (χ1n) is 5.46. The zero-order valence-electron chi connectivity index (χ0n) is 11.1.